The first kappa shape index (κ1) is 23.4. The number of aliphatic hydroxyl groups excluding tert-OH is 1. The molecule has 1 atom stereocenters. The molecule has 5 nitrogen and oxygen atoms in total. The van der Waals surface area contributed by atoms with Crippen LogP contribution in [0.3, 0.4) is 0 Å². The average Bonchev–Trinajstić information content (AvgIpc) is 3.26. The summed E-state index contributed by atoms with van der Waals surface area (Å²) in [5, 5.41) is 13.8. The molecule has 4 aromatic rings. The van der Waals surface area contributed by atoms with Gasteiger partial charge >= 0.3 is 0 Å². The molecule has 0 saturated carbocycles. The van der Waals surface area contributed by atoms with Crippen LogP contribution >= 0.6 is 0 Å². The van der Waals surface area contributed by atoms with Crippen molar-refractivity contribution in [2.75, 3.05) is 13.2 Å². The molecule has 0 spiro atoms. The maximum atomic E-state index is 14.4. The number of aromatic nitrogens is 1. The molecule has 0 radical (unpaired) electrons. The predicted octanol–water partition coefficient (Wildman–Crippen LogP) is 5.48. The first-order valence-electron chi connectivity index (χ1n) is 11.2. The van der Waals surface area contributed by atoms with Gasteiger partial charge in [-0.1, -0.05) is 43.3 Å². The second kappa shape index (κ2) is 10.5. The van der Waals surface area contributed by atoms with Crippen LogP contribution in [0.4, 0.5) is 8.78 Å². The summed E-state index contributed by atoms with van der Waals surface area (Å²) in [6.07, 6.45) is 3.01. The van der Waals surface area contributed by atoms with Crippen LogP contribution in [0.1, 0.15) is 30.7 Å². The van der Waals surface area contributed by atoms with Crippen LogP contribution in [0, 0.1) is 11.6 Å². The standard InChI is InChI=1S/C27H26F2N2O3.H2/c1-2-12-34-25-11-10-17(21-7-5-8-23(28)26(21)29)14-22(25)27(33)31-19(16-32)13-18-15-30-24-9-4-3-6-20(18)24;/h3-11,14-15,19,30,32H,2,12-13,16H2,1H3,(H,31,33);1H/t19-;/m0./s1. The van der Waals surface area contributed by atoms with Crippen LogP contribution in [0.5, 0.6) is 5.75 Å². The molecule has 0 unspecified atom stereocenters. The lowest BCUT2D eigenvalue weighted by atomic mass is 10.0. The third kappa shape index (κ3) is 4.94. The molecule has 3 aromatic carbocycles. The van der Waals surface area contributed by atoms with Gasteiger partial charge in [0.1, 0.15) is 5.75 Å². The van der Waals surface area contributed by atoms with E-state index < -0.39 is 23.6 Å². The number of hydrogen-bond donors (Lipinski definition) is 3. The number of ether oxygens (including phenoxy) is 1. The highest BCUT2D eigenvalue weighted by atomic mass is 19.2. The Kier molecular flexibility index (Phi) is 7.23. The zero-order valence-corrected chi connectivity index (χ0v) is 18.8. The molecule has 0 saturated heterocycles. The minimum atomic E-state index is -0.983. The number of para-hydroxylation sites is 1. The van der Waals surface area contributed by atoms with Crippen molar-refractivity contribution in [1.29, 1.82) is 0 Å². The van der Waals surface area contributed by atoms with Crippen LogP contribution < -0.4 is 10.1 Å². The van der Waals surface area contributed by atoms with E-state index in [0.29, 0.717) is 24.3 Å². The molecule has 0 fully saturated rings. The molecule has 7 heteroatoms. The van der Waals surface area contributed by atoms with Crippen molar-refractivity contribution in [3.05, 3.63) is 89.6 Å². The second-order valence-corrected chi connectivity index (χ2v) is 8.08. The molecule has 1 amide bonds. The summed E-state index contributed by atoms with van der Waals surface area (Å²) < 4.78 is 33.9. The van der Waals surface area contributed by atoms with Crippen LogP contribution in [0.15, 0.2) is 66.9 Å². The number of amides is 1. The third-order valence-electron chi connectivity index (χ3n) is 5.65. The molecule has 1 heterocycles. The Morgan fingerprint density at radius 3 is 2.76 bits per heavy atom. The fourth-order valence-electron chi connectivity index (χ4n) is 3.93. The number of rotatable bonds is 9. The first-order valence-corrected chi connectivity index (χ1v) is 11.2. The van der Waals surface area contributed by atoms with Crippen molar-refractivity contribution in [2.45, 2.75) is 25.8 Å². The van der Waals surface area contributed by atoms with E-state index in [1.54, 1.807) is 12.1 Å². The quantitative estimate of drug-likeness (QED) is 0.306. The van der Waals surface area contributed by atoms with E-state index in [1.165, 1.54) is 18.2 Å². The Morgan fingerprint density at radius 2 is 1.97 bits per heavy atom. The van der Waals surface area contributed by atoms with E-state index in [-0.39, 0.29) is 19.2 Å². The summed E-state index contributed by atoms with van der Waals surface area (Å²) in [7, 11) is 0. The molecule has 0 bridgehead atoms. The maximum Gasteiger partial charge on any atom is 0.255 e. The van der Waals surface area contributed by atoms with Gasteiger partial charge in [-0.25, -0.2) is 8.78 Å². The molecular formula is C27H28F2N2O3. The van der Waals surface area contributed by atoms with Gasteiger partial charge < -0.3 is 20.1 Å². The number of aliphatic hydroxyl groups is 1. The Hall–Kier alpha value is -3.71. The molecule has 0 aliphatic heterocycles. The van der Waals surface area contributed by atoms with Crippen LogP contribution in [0.25, 0.3) is 22.0 Å². The predicted molar refractivity (Wildman–Crippen MR) is 130 cm³/mol. The molecule has 1 aromatic heterocycles. The van der Waals surface area contributed by atoms with Gasteiger partial charge in [0.15, 0.2) is 11.6 Å². The highest BCUT2D eigenvalue weighted by Gasteiger charge is 2.20. The van der Waals surface area contributed by atoms with Gasteiger partial charge in [-0.15, -0.1) is 0 Å². The highest BCUT2D eigenvalue weighted by molar-refractivity contribution is 5.98. The summed E-state index contributed by atoms with van der Waals surface area (Å²) in [5.41, 5.74) is 2.53. The number of nitrogens with one attached hydrogen (secondary N) is 2. The fraction of sp³-hybridized carbons (Fsp3) is 0.222. The van der Waals surface area contributed by atoms with Crippen LogP contribution in [0.2, 0.25) is 0 Å². The molecule has 3 N–H and O–H groups in total. The smallest absolute Gasteiger partial charge is 0.255 e. The number of halogens is 2. The van der Waals surface area contributed by atoms with Gasteiger partial charge in [0.2, 0.25) is 0 Å². The third-order valence-corrected chi connectivity index (χ3v) is 5.65. The van der Waals surface area contributed by atoms with Crippen molar-refractivity contribution in [1.82, 2.24) is 10.3 Å². The second-order valence-electron chi connectivity index (χ2n) is 8.08. The lowest BCUT2D eigenvalue weighted by Crippen LogP contribution is -2.39. The van der Waals surface area contributed by atoms with Gasteiger partial charge in [0.05, 0.1) is 24.8 Å². The SMILES string of the molecule is CCCOc1ccc(-c2cccc(F)c2F)cc1C(=O)N[C@H](CO)Cc1c[nH]c2ccccc12.[HH]. The van der Waals surface area contributed by atoms with Gasteiger partial charge in [-0.05, 0) is 48.2 Å². The number of H-pyrrole nitrogens is 1. The summed E-state index contributed by atoms with van der Waals surface area (Å²) >= 11 is 0. The van der Waals surface area contributed by atoms with E-state index in [4.69, 9.17) is 4.74 Å². The summed E-state index contributed by atoms with van der Waals surface area (Å²) in [5.74, 6) is -2.08. The Labute approximate surface area is 197 Å². The number of fused-ring (bicyclic) bond motifs is 1. The van der Waals surface area contributed by atoms with Crippen LogP contribution in [-0.2, 0) is 6.42 Å². The monoisotopic (exact) mass is 466 g/mol. The van der Waals surface area contributed by atoms with Crippen molar-refractivity contribution in [3.63, 3.8) is 0 Å². The van der Waals surface area contributed by atoms with E-state index in [0.717, 1.165) is 29.0 Å². The van der Waals surface area contributed by atoms with E-state index in [2.05, 4.69) is 10.3 Å². The Morgan fingerprint density at radius 1 is 1.15 bits per heavy atom. The molecule has 0 aliphatic rings. The highest BCUT2D eigenvalue weighted by Crippen LogP contribution is 2.30. The number of hydrogen-bond acceptors (Lipinski definition) is 3. The molecule has 4 rings (SSSR count). The minimum absolute atomic E-state index is 0. The molecule has 0 aliphatic carbocycles. The first-order chi connectivity index (χ1) is 16.5. The minimum Gasteiger partial charge on any atom is -0.493 e. The van der Waals surface area contributed by atoms with Crippen molar-refractivity contribution in [3.8, 4) is 16.9 Å². The van der Waals surface area contributed by atoms with Crippen molar-refractivity contribution < 1.29 is 24.8 Å². The normalized spacial score (nSPS) is 12.0. The van der Waals surface area contributed by atoms with Crippen LogP contribution in [-0.4, -0.2) is 35.3 Å². The van der Waals surface area contributed by atoms with Gasteiger partial charge in [-0.3, -0.25) is 4.79 Å². The topological polar surface area (TPSA) is 74.3 Å². The summed E-state index contributed by atoms with van der Waals surface area (Å²) in [6.45, 7) is 2.07. The van der Waals surface area contributed by atoms with Crippen molar-refractivity contribution in [2.24, 2.45) is 0 Å². The number of aromatic amines is 1. The Balaban J connectivity index is 0.00000342. The van der Waals surface area contributed by atoms with E-state index in [9.17, 15) is 18.7 Å². The van der Waals surface area contributed by atoms with Crippen molar-refractivity contribution >= 4 is 16.8 Å². The number of carbonyl (C=O) groups is 1. The zero-order valence-electron chi connectivity index (χ0n) is 18.8. The lowest BCUT2D eigenvalue weighted by molar-refractivity contribution is 0.0912. The maximum absolute atomic E-state index is 14.4. The number of carbonyl (C=O) groups excluding carboxylic acids is 1. The summed E-state index contributed by atoms with van der Waals surface area (Å²) in [6, 6.07) is 15.8. The van der Waals surface area contributed by atoms with E-state index in [1.807, 2.05) is 37.4 Å². The summed E-state index contributed by atoms with van der Waals surface area (Å²) in [4.78, 5) is 16.4. The molecular weight excluding hydrogens is 438 g/mol. The molecule has 34 heavy (non-hydrogen) atoms. The average molecular weight is 467 g/mol. The van der Waals surface area contributed by atoms with Gasteiger partial charge in [-0.2, -0.15) is 0 Å². The van der Waals surface area contributed by atoms with Gasteiger partial charge in [0, 0.05) is 24.1 Å². The zero-order chi connectivity index (χ0) is 24.1. The largest absolute Gasteiger partial charge is 0.493 e. The molecule has 178 valence electrons. The Bertz CT molecular complexity index is 1310. The lowest BCUT2D eigenvalue weighted by Gasteiger charge is -2.18. The van der Waals surface area contributed by atoms with E-state index >= 15 is 0 Å². The van der Waals surface area contributed by atoms with Gasteiger partial charge in [0.25, 0.3) is 5.91 Å². The number of benzene rings is 3. The fourth-order valence-corrected chi connectivity index (χ4v) is 3.93.